The maximum Gasteiger partial charge on any atom is 0.263 e. The van der Waals surface area contributed by atoms with Crippen molar-refractivity contribution in [2.24, 2.45) is 26.6 Å². The number of allylic oxidation sites excluding steroid dienone is 1. The van der Waals surface area contributed by atoms with Gasteiger partial charge in [-0.15, -0.1) is 0 Å². The van der Waals surface area contributed by atoms with Gasteiger partial charge in [-0.25, -0.2) is 4.99 Å². The summed E-state index contributed by atoms with van der Waals surface area (Å²) in [4.78, 5) is 22.4. The first-order valence-corrected chi connectivity index (χ1v) is 3.45. The highest BCUT2D eigenvalue weighted by Crippen LogP contribution is 2.13. The fraction of sp³-hybridized carbons (Fsp3) is 0.143. The number of carbonyl (C=O) groups excluding carboxylic acids is 1. The Kier molecular flexibility index (Phi) is 1.36. The van der Waals surface area contributed by atoms with Gasteiger partial charge in [0.1, 0.15) is 11.8 Å². The van der Waals surface area contributed by atoms with E-state index in [2.05, 4.69) is 15.0 Å². The highest BCUT2D eigenvalue weighted by molar-refractivity contribution is 6.18. The lowest BCUT2D eigenvalue weighted by atomic mass is 10.1. The van der Waals surface area contributed by atoms with Gasteiger partial charge < -0.3 is 5.73 Å². The Bertz CT molecular complexity index is 350. The summed E-state index contributed by atoms with van der Waals surface area (Å²) >= 11 is 0. The van der Waals surface area contributed by atoms with Crippen LogP contribution in [-0.4, -0.2) is 23.9 Å². The molecule has 0 aromatic rings. The normalized spacial score (nSPS) is 26.3. The fourth-order valence-corrected chi connectivity index (χ4v) is 1.06. The first kappa shape index (κ1) is 6.90. The molecule has 0 saturated heterocycles. The number of hydrogen-bond acceptors (Lipinski definition) is 4. The van der Waals surface area contributed by atoms with Crippen molar-refractivity contribution in [1.82, 2.24) is 0 Å². The second kappa shape index (κ2) is 2.37. The number of amidine groups is 1. The number of fused-ring (bicyclic) bond motifs is 1. The number of nitrogens with two attached hydrogens (primary N) is 1. The Morgan fingerprint density at radius 2 is 2.25 bits per heavy atom. The minimum atomic E-state index is -0.428. The Labute approximate surface area is 68.4 Å². The number of dihydropyridines is 1. The smallest absolute Gasteiger partial charge is 0.263 e. The molecule has 2 rings (SSSR count). The van der Waals surface area contributed by atoms with E-state index in [1.54, 1.807) is 18.4 Å². The molecule has 2 heterocycles. The molecule has 60 valence electrons. The van der Waals surface area contributed by atoms with Crippen LogP contribution in [0.1, 0.15) is 0 Å². The van der Waals surface area contributed by atoms with Gasteiger partial charge in [0.05, 0.1) is 0 Å². The van der Waals surface area contributed by atoms with Crippen molar-refractivity contribution < 1.29 is 4.79 Å². The second-order valence-corrected chi connectivity index (χ2v) is 2.42. The number of nitrogens with zero attached hydrogens (tertiary/aromatic N) is 3. The summed E-state index contributed by atoms with van der Waals surface area (Å²) in [5, 5.41) is 0. The standard InChI is InChI=1S/C7H6N4O/c8-7-10-5-4(6(12)11-7)2-1-3-9-5/h1-4H,(H2,8,11,12). The van der Waals surface area contributed by atoms with E-state index in [4.69, 9.17) is 5.73 Å². The lowest BCUT2D eigenvalue weighted by Gasteiger charge is -2.14. The molecule has 1 atom stereocenters. The number of aliphatic imine (C=N–C) groups is 3. The molecule has 1 amide bonds. The Morgan fingerprint density at radius 3 is 3.08 bits per heavy atom. The van der Waals surface area contributed by atoms with Crippen LogP contribution in [0, 0.1) is 5.92 Å². The molecule has 0 spiro atoms. The minimum absolute atomic E-state index is 0.0151. The predicted molar refractivity (Wildman–Crippen MR) is 45.2 cm³/mol. The third kappa shape index (κ3) is 0.952. The molecule has 2 aliphatic heterocycles. The minimum Gasteiger partial charge on any atom is -0.368 e. The van der Waals surface area contributed by atoms with Gasteiger partial charge >= 0.3 is 0 Å². The third-order valence-electron chi connectivity index (χ3n) is 1.59. The zero-order valence-corrected chi connectivity index (χ0v) is 6.14. The van der Waals surface area contributed by atoms with Crippen LogP contribution in [0.2, 0.25) is 0 Å². The van der Waals surface area contributed by atoms with E-state index in [0.717, 1.165) is 0 Å². The highest BCUT2D eigenvalue weighted by atomic mass is 16.1. The van der Waals surface area contributed by atoms with E-state index >= 15 is 0 Å². The lowest BCUT2D eigenvalue weighted by molar-refractivity contribution is -0.118. The van der Waals surface area contributed by atoms with Crippen molar-refractivity contribution in [2.45, 2.75) is 0 Å². The van der Waals surface area contributed by atoms with E-state index in [1.807, 2.05) is 0 Å². The van der Waals surface area contributed by atoms with Crippen molar-refractivity contribution in [2.75, 3.05) is 0 Å². The summed E-state index contributed by atoms with van der Waals surface area (Å²) in [7, 11) is 0. The summed E-state index contributed by atoms with van der Waals surface area (Å²) in [6, 6.07) is 0. The summed E-state index contributed by atoms with van der Waals surface area (Å²) in [6.45, 7) is 0. The molecule has 0 bridgehead atoms. The zero-order chi connectivity index (χ0) is 8.55. The Hall–Kier alpha value is -1.78. The monoisotopic (exact) mass is 162 g/mol. The van der Waals surface area contributed by atoms with Crippen LogP contribution in [-0.2, 0) is 4.79 Å². The molecule has 0 radical (unpaired) electrons. The van der Waals surface area contributed by atoms with Crippen molar-refractivity contribution in [3.8, 4) is 0 Å². The Balaban J connectivity index is 2.45. The molecule has 5 heteroatoms. The van der Waals surface area contributed by atoms with Gasteiger partial charge in [-0.1, -0.05) is 6.08 Å². The van der Waals surface area contributed by atoms with Crippen LogP contribution in [0.25, 0.3) is 0 Å². The number of amides is 1. The number of carbonyl (C=O) groups is 1. The molecule has 2 aliphatic rings. The van der Waals surface area contributed by atoms with E-state index in [-0.39, 0.29) is 11.9 Å². The van der Waals surface area contributed by atoms with Crippen LogP contribution >= 0.6 is 0 Å². The fourth-order valence-electron chi connectivity index (χ4n) is 1.06. The van der Waals surface area contributed by atoms with Gasteiger partial charge in [0, 0.05) is 6.21 Å². The topological polar surface area (TPSA) is 80.2 Å². The Morgan fingerprint density at radius 1 is 1.42 bits per heavy atom. The lowest BCUT2D eigenvalue weighted by Crippen LogP contribution is -2.30. The highest BCUT2D eigenvalue weighted by Gasteiger charge is 2.26. The van der Waals surface area contributed by atoms with Gasteiger partial charge in [-0.05, 0) is 6.08 Å². The van der Waals surface area contributed by atoms with Crippen molar-refractivity contribution in [3.63, 3.8) is 0 Å². The van der Waals surface area contributed by atoms with E-state index in [1.165, 1.54) is 0 Å². The first-order valence-electron chi connectivity index (χ1n) is 3.45. The number of hydrogen-bond donors (Lipinski definition) is 1. The molecule has 2 N–H and O–H groups in total. The molecular formula is C7H6N4O. The third-order valence-corrected chi connectivity index (χ3v) is 1.59. The zero-order valence-electron chi connectivity index (χ0n) is 6.14. The van der Waals surface area contributed by atoms with Crippen molar-refractivity contribution in [3.05, 3.63) is 12.2 Å². The first-order chi connectivity index (χ1) is 5.77. The molecule has 12 heavy (non-hydrogen) atoms. The number of guanidine groups is 1. The molecule has 0 aromatic heterocycles. The van der Waals surface area contributed by atoms with E-state index in [0.29, 0.717) is 5.84 Å². The quantitative estimate of drug-likeness (QED) is 0.520. The average molecular weight is 162 g/mol. The maximum absolute atomic E-state index is 11.2. The van der Waals surface area contributed by atoms with Gasteiger partial charge in [0.2, 0.25) is 5.96 Å². The molecule has 1 unspecified atom stereocenters. The van der Waals surface area contributed by atoms with Gasteiger partial charge in [-0.2, -0.15) is 9.98 Å². The largest absolute Gasteiger partial charge is 0.368 e. The van der Waals surface area contributed by atoms with Gasteiger partial charge in [0.25, 0.3) is 5.91 Å². The number of rotatable bonds is 0. The van der Waals surface area contributed by atoms with Crippen LogP contribution in [0.3, 0.4) is 0 Å². The summed E-state index contributed by atoms with van der Waals surface area (Å²) < 4.78 is 0. The predicted octanol–water partition coefficient (Wildman–Crippen LogP) is -0.503. The average Bonchev–Trinajstić information content (AvgIpc) is 2.04. The molecule has 0 fully saturated rings. The summed E-state index contributed by atoms with van der Waals surface area (Å²) in [5.41, 5.74) is 5.28. The summed E-state index contributed by atoms with van der Waals surface area (Å²) in [5.74, 6) is -0.318. The van der Waals surface area contributed by atoms with Crippen molar-refractivity contribution in [1.29, 1.82) is 0 Å². The SMILES string of the molecule is NC1=NC(=O)C2C=CC=NC2=N1. The second-order valence-electron chi connectivity index (χ2n) is 2.42. The summed E-state index contributed by atoms with van der Waals surface area (Å²) in [6.07, 6.45) is 4.96. The van der Waals surface area contributed by atoms with E-state index in [9.17, 15) is 4.79 Å². The van der Waals surface area contributed by atoms with Crippen molar-refractivity contribution >= 4 is 23.9 Å². The van der Waals surface area contributed by atoms with Crippen LogP contribution in [0.5, 0.6) is 0 Å². The molecule has 0 aromatic carbocycles. The van der Waals surface area contributed by atoms with Gasteiger partial charge in [-0.3, -0.25) is 4.79 Å². The molecule has 5 nitrogen and oxygen atoms in total. The van der Waals surface area contributed by atoms with Crippen LogP contribution in [0.15, 0.2) is 27.1 Å². The molecule has 0 aliphatic carbocycles. The van der Waals surface area contributed by atoms with Crippen LogP contribution in [0.4, 0.5) is 0 Å². The van der Waals surface area contributed by atoms with Gasteiger partial charge in [0.15, 0.2) is 0 Å². The maximum atomic E-state index is 11.2. The van der Waals surface area contributed by atoms with E-state index < -0.39 is 5.92 Å². The van der Waals surface area contributed by atoms with Crippen LogP contribution < -0.4 is 5.73 Å². The molecule has 0 saturated carbocycles. The molecular weight excluding hydrogens is 156 g/mol.